The largest absolute Gasteiger partial charge is 0.381 e. The van der Waals surface area contributed by atoms with Crippen molar-refractivity contribution in [3.63, 3.8) is 0 Å². The third kappa shape index (κ3) is 4.03. The lowest BCUT2D eigenvalue weighted by atomic mass is 9.73. The number of ether oxygens (including phenoxy) is 1. The normalized spacial score (nSPS) is 21.1. The quantitative estimate of drug-likeness (QED) is 0.861. The maximum absolute atomic E-state index is 13.6. The molecule has 2 fully saturated rings. The van der Waals surface area contributed by atoms with E-state index in [1.807, 2.05) is 6.07 Å². The van der Waals surface area contributed by atoms with Crippen molar-refractivity contribution in [2.75, 3.05) is 19.8 Å². The number of carbonyl (C=O) groups is 1. The van der Waals surface area contributed by atoms with Crippen LogP contribution in [-0.4, -0.2) is 31.7 Å². The fourth-order valence-electron chi connectivity index (χ4n) is 3.22. The van der Waals surface area contributed by atoms with Gasteiger partial charge in [-0.3, -0.25) is 4.79 Å². The zero-order chi connectivity index (χ0) is 15.6. The lowest BCUT2D eigenvalue weighted by Gasteiger charge is -2.36. The van der Waals surface area contributed by atoms with Crippen LogP contribution in [0.25, 0.3) is 0 Å². The second-order valence-electron chi connectivity index (χ2n) is 6.42. The molecule has 128 valence electrons. The van der Waals surface area contributed by atoms with Crippen LogP contribution in [0.1, 0.15) is 31.2 Å². The summed E-state index contributed by atoms with van der Waals surface area (Å²) in [6, 6.07) is 6.37. The zero-order valence-corrected chi connectivity index (χ0v) is 13.9. The van der Waals surface area contributed by atoms with Gasteiger partial charge in [-0.15, -0.1) is 12.4 Å². The molecule has 1 saturated heterocycles. The van der Waals surface area contributed by atoms with E-state index in [9.17, 15) is 9.18 Å². The van der Waals surface area contributed by atoms with Crippen LogP contribution in [0.4, 0.5) is 4.39 Å². The van der Waals surface area contributed by atoms with E-state index < -0.39 is 5.41 Å². The Labute approximate surface area is 142 Å². The van der Waals surface area contributed by atoms with Gasteiger partial charge in [0.15, 0.2) is 0 Å². The zero-order valence-electron chi connectivity index (χ0n) is 13.1. The van der Waals surface area contributed by atoms with Crippen LogP contribution in [0.3, 0.4) is 0 Å². The second-order valence-corrected chi connectivity index (χ2v) is 6.42. The van der Waals surface area contributed by atoms with E-state index in [2.05, 4.69) is 5.32 Å². The minimum atomic E-state index is -0.705. The lowest BCUT2D eigenvalue weighted by Crippen LogP contribution is -2.50. The maximum atomic E-state index is 13.6. The standard InChI is InChI=1S/C17H23FN2O2.ClH/c18-14-3-1-2-13(10-14)17(6-8-22-9-7-17)16(21)20-11-15(19)12-4-5-12;/h1-3,10,12,15H,4-9,11,19H2,(H,20,21);1H. The molecule has 1 amide bonds. The van der Waals surface area contributed by atoms with Gasteiger partial charge in [0.05, 0.1) is 5.41 Å². The van der Waals surface area contributed by atoms with Gasteiger partial charge in [0.2, 0.25) is 5.91 Å². The first-order chi connectivity index (χ1) is 10.6. The van der Waals surface area contributed by atoms with Gasteiger partial charge in [-0.2, -0.15) is 0 Å². The summed E-state index contributed by atoms with van der Waals surface area (Å²) in [6.07, 6.45) is 3.45. The van der Waals surface area contributed by atoms with Crippen molar-refractivity contribution in [3.8, 4) is 0 Å². The average Bonchev–Trinajstić information content (AvgIpc) is 3.38. The first kappa shape index (κ1) is 18.2. The van der Waals surface area contributed by atoms with Gasteiger partial charge >= 0.3 is 0 Å². The molecule has 23 heavy (non-hydrogen) atoms. The Bertz CT molecular complexity index is 545. The van der Waals surface area contributed by atoms with Crippen molar-refractivity contribution in [3.05, 3.63) is 35.6 Å². The topological polar surface area (TPSA) is 64.3 Å². The van der Waals surface area contributed by atoms with Gasteiger partial charge < -0.3 is 15.8 Å². The summed E-state index contributed by atoms with van der Waals surface area (Å²) in [5.74, 6) is 0.170. The maximum Gasteiger partial charge on any atom is 0.230 e. The van der Waals surface area contributed by atoms with Crippen molar-refractivity contribution < 1.29 is 13.9 Å². The summed E-state index contributed by atoms with van der Waals surface area (Å²) in [4.78, 5) is 12.8. The molecule has 1 saturated carbocycles. The van der Waals surface area contributed by atoms with E-state index >= 15 is 0 Å². The summed E-state index contributed by atoms with van der Waals surface area (Å²) in [7, 11) is 0. The molecule has 1 aromatic rings. The second kappa shape index (κ2) is 7.60. The summed E-state index contributed by atoms with van der Waals surface area (Å²) in [5.41, 5.74) is 6.09. The molecule has 1 aliphatic heterocycles. The summed E-state index contributed by atoms with van der Waals surface area (Å²) >= 11 is 0. The molecule has 2 aliphatic rings. The minimum Gasteiger partial charge on any atom is -0.381 e. The highest BCUT2D eigenvalue weighted by Crippen LogP contribution is 2.36. The number of hydrogen-bond acceptors (Lipinski definition) is 3. The summed E-state index contributed by atoms with van der Waals surface area (Å²) < 4.78 is 19.0. The van der Waals surface area contributed by atoms with Gasteiger partial charge in [-0.1, -0.05) is 12.1 Å². The van der Waals surface area contributed by atoms with Crippen LogP contribution < -0.4 is 11.1 Å². The van der Waals surface area contributed by atoms with Crippen LogP contribution >= 0.6 is 12.4 Å². The molecule has 1 heterocycles. The molecule has 0 radical (unpaired) electrons. The number of rotatable bonds is 5. The predicted molar refractivity (Wildman–Crippen MR) is 89.1 cm³/mol. The third-order valence-corrected chi connectivity index (χ3v) is 4.88. The third-order valence-electron chi connectivity index (χ3n) is 4.88. The fraction of sp³-hybridized carbons (Fsp3) is 0.588. The Kier molecular flexibility index (Phi) is 6.00. The molecule has 4 nitrogen and oxygen atoms in total. The van der Waals surface area contributed by atoms with E-state index in [1.165, 1.54) is 12.1 Å². The molecule has 0 spiro atoms. The molecule has 3 N–H and O–H groups in total. The molecule has 3 rings (SSSR count). The van der Waals surface area contributed by atoms with Gasteiger partial charge in [0.1, 0.15) is 5.82 Å². The molecular formula is C17H24ClFN2O2. The number of hydrogen-bond donors (Lipinski definition) is 2. The number of nitrogens with one attached hydrogen (secondary N) is 1. The smallest absolute Gasteiger partial charge is 0.230 e. The fourth-order valence-corrected chi connectivity index (χ4v) is 3.22. The Morgan fingerprint density at radius 2 is 2.09 bits per heavy atom. The van der Waals surface area contributed by atoms with Crippen LogP contribution in [0, 0.1) is 11.7 Å². The van der Waals surface area contributed by atoms with Gasteiger partial charge in [-0.25, -0.2) is 4.39 Å². The SMILES string of the molecule is Cl.NC(CNC(=O)C1(c2cccc(F)c2)CCOCC1)C1CC1. The van der Waals surface area contributed by atoms with Crippen molar-refractivity contribution >= 4 is 18.3 Å². The molecule has 1 aliphatic carbocycles. The highest BCUT2D eigenvalue weighted by atomic mass is 35.5. The number of amides is 1. The Balaban J connectivity index is 0.00000192. The number of nitrogens with two attached hydrogens (primary N) is 1. The highest BCUT2D eigenvalue weighted by molar-refractivity contribution is 5.88. The predicted octanol–water partition coefficient (Wildman–Crippen LogP) is 2.15. The summed E-state index contributed by atoms with van der Waals surface area (Å²) in [6.45, 7) is 1.51. The van der Waals surface area contributed by atoms with Crippen LogP contribution in [0.5, 0.6) is 0 Å². The highest BCUT2D eigenvalue weighted by Gasteiger charge is 2.42. The molecule has 6 heteroatoms. The summed E-state index contributed by atoms with van der Waals surface area (Å²) in [5, 5.41) is 2.99. The van der Waals surface area contributed by atoms with Crippen molar-refractivity contribution in [1.82, 2.24) is 5.32 Å². The van der Waals surface area contributed by atoms with Crippen molar-refractivity contribution in [1.29, 1.82) is 0 Å². The first-order valence-electron chi connectivity index (χ1n) is 7.99. The van der Waals surface area contributed by atoms with E-state index in [0.29, 0.717) is 38.5 Å². The van der Waals surface area contributed by atoms with Crippen LogP contribution in [0.15, 0.2) is 24.3 Å². The molecule has 1 unspecified atom stereocenters. The van der Waals surface area contributed by atoms with Crippen LogP contribution in [-0.2, 0) is 14.9 Å². The van der Waals surface area contributed by atoms with E-state index in [1.54, 1.807) is 6.07 Å². The van der Waals surface area contributed by atoms with E-state index in [0.717, 1.165) is 18.4 Å². The molecule has 0 bridgehead atoms. The number of benzene rings is 1. The average molecular weight is 343 g/mol. The number of carbonyl (C=O) groups excluding carboxylic acids is 1. The minimum absolute atomic E-state index is 0. The molecular weight excluding hydrogens is 319 g/mol. The van der Waals surface area contributed by atoms with Crippen LogP contribution in [0.2, 0.25) is 0 Å². The molecule has 1 aromatic carbocycles. The molecule has 0 aromatic heterocycles. The van der Waals surface area contributed by atoms with Gasteiger partial charge in [0.25, 0.3) is 0 Å². The Morgan fingerprint density at radius 3 is 2.70 bits per heavy atom. The van der Waals surface area contributed by atoms with E-state index in [-0.39, 0.29) is 30.2 Å². The Morgan fingerprint density at radius 1 is 1.39 bits per heavy atom. The number of halogens is 2. The monoisotopic (exact) mass is 342 g/mol. The Hall–Kier alpha value is -1.17. The molecule has 1 atom stereocenters. The van der Waals surface area contributed by atoms with Crippen molar-refractivity contribution in [2.24, 2.45) is 11.7 Å². The first-order valence-corrected chi connectivity index (χ1v) is 7.99. The lowest BCUT2D eigenvalue weighted by molar-refractivity contribution is -0.130. The van der Waals surface area contributed by atoms with Gasteiger partial charge in [-0.05, 0) is 49.3 Å². The van der Waals surface area contributed by atoms with E-state index in [4.69, 9.17) is 10.5 Å². The van der Waals surface area contributed by atoms with Gasteiger partial charge in [0, 0.05) is 25.8 Å². The van der Waals surface area contributed by atoms with Crippen molar-refractivity contribution in [2.45, 2.75) is 37.1 Å².